The standard InChI is InChI=1S/C37H20N2O4/c1-39-36(42)32-25(19-12-6-3-7-13-19)21-15-9-16-22-27(21)29(33(32)37(39)43)23-17-8-14-20-24(18-10-4-2-5-11-18)30-31(28(22)26(20)23)35(41)38-34(30)40/h2-17H,1H3,(H,38,40,41). The summed E-state index contributed by atoms with van der Waals surface area (Å²) in [5.74, 6) is 0. The Labute approximate surface area is 241 Å². The molecule has 0 fully saturated rings. The van der Waals surface area contributed by atoms with Gasteiger partial charge in [0.05, 0.1) is 21.5 Å². The van der Waals surface area contributed by atoms with Crippen molar-refractivity contribution < 1.29 is 0 Å². The number of benzene rings is 7. The highest BCUT2D eigenvalue weighted by atomic mass is 16.2. The van der Waals surface area contributed by atoms with Crippen LogP contribution in [-0.2, 0) is 7.05 Å². The number of aromatic amines is 1. The van der Waals surface area contributed by atoms with Crippen LogP contribution in [-0.4, -0.2) is 9.55 Å². The van der Waals surface area contributed by atoms with E-state index in [1.165, 1.54) is 11.6 Å². The van der Waals surface area contributed by atoms with E-state index in [1.807, 2.05) is 97.1 Å². The van der Waals surface area contributed by atoms with Gasteiger partial charge < -0.3 is 0 Å². The molecule has 0 radical (unpaired) electrons. The fraction of sp³-hybridized carbons (Fsp3) is 0.0270. The van der Waals surface area contributed by atoms with E-state index in [2.05, 4.69) is 4.98 Å². The smallest absolute Gasteiger partial charge is 0.261 e. The average Bonchev–Trinajstić information content (AvgIpc) is 3.45. The summed E-state index contributed by atoms with van der Waals surface area (Å²) in [4.78, 5) is 57.4. The van der Waals surface area contributed by atoms with Gasteiger partial charge in [-0.25, -0.2) is 0 Å². The third-order valence-corrected chi connectivity index (χ3v) is 9.05. The third-order valence-electron chi connectivity index (χ3n) is 9.05. The second-order valence-corrected chi connectivity index (χ2v) is 11.1. The predicted molar refractivity (Wildman–Crippen MR) is 174 cm³/mol. The molecule has 0 saturated heterocycles. The second-order valence-electron chi connectivity index (χ2n) is 11.1. The van der Waals surface area contributed by atoms with Crippen molar-refractivity contribution >= 4 is 64.6 Å². The van der Waals surface area contributed by atoms with Gasteiger partial charge in [0, 0.05) is 28.9 Å². The van der Waals surface area contributed by atoms with Gasteiger partial charge in [-0.15, -0.1) is 0 Å². The van der Waals surface area contributed by atoms with Gasteiger partial charge in [0.1, 0.15) is 0 Å². The molecule has 1 N–H and O–H groups in total. The highest BCUT2D eigenvalue weighted by Crippen LogP contribution is 2.49. The van der Waals surface area contributed by atoms with Crippen molar-refractivity contribution in [1.29, 1.82) is 0 Å². The summed E-state index contributed by atoms with van der Waals surface area (Å²) in [6, 6.07) is 30.8. The minimum atomic E-state index is -0.445. The number of hydrogen-bond acceptors (Lipinski definition) is 4. The van der Waals surface area contributed by atoms with Gasteiger partial charge in [-0.1, -0.05) is 97.1 Å². The van der Waals surface area contributed by atoms with E-state index < -0.39 is 11.1 Å². The van der Waals surface area contributed by atoms with E-state index >= 15 is 0 Å². The van der Waals surface area contributed by atoms with E-state index in [0.29, 0.717) is 43.4 Å². The molecule has 43 heavy (non-hydrogen) atoms. The first-order chi connectivity index (χ1) is 21.0. The summed E-state index contributed by atoms with van der Waals surface area (Å²) < 4.78 is 1.19. The molecule has 202 valence electrons. The van der Waals surface area contributed by atoms with Gasteiger partial charge >= 0.3 is 0 Å². The molecule has 6 heteroatoms. The molecular weight excluding hydrogens is 536 g/mol. The van der Waals surface area contributed by atoms with Crippen molar-refractivity contribution in [2.24, 2.45) is 7.05 Å². The van der Waals surface area contributed by atoms with Crippen molar-refractivity contribution in [1.82, 2.24) is 9.55 Å². The van der Waals surface area contributed by atoms with Crippen LogP contribution in [0.25, 0.3) is 86.9 Å². The zero-order chi connectivity index (χ0) is 29.1. The molecule has 0 unspecified atom stereocenters. The lowest BCUT2D eigenvalue weighted by molar-refractivity contribution is 0.857. The lowest BCUT2D eigenvalue weighted by Gasteiger charge is -2.20. The normalized spacial score (nSPS) is 12.2. The summed E-state index contributed by atoms with van der Waals surface area (Å²) in [5.41, 5.74) is 1.42. The number of fused-ring (bicyclic) bond motifs is 6. The maximum absolute atomic E-state index is 13.9. The van der Waals surface area contributed by atoms with Crippen LogP contribution in [0.2, 0.25) is 0 Å². The van der Waals surface area contributed by atoms with Crippen molar-refractivity contribution in [2.75, 3.05) is 0 Å². The number of rotatable bonds is 2. The maximum Gasteiger partial charge on any atom is 0.261 e. The van der Waals surface area contributed by atoms with E-state index in [1.54, 1.807) is 0 Å². The van der Waals surface area contributed by atoms with Crippen LogP contribution in [0.4, 0.5) is 0 Å². The minimum Gasteiger partial charge on any atom is -0.288 e. The quantitative estimate of drug-likeness (QED) is 0.198. The molecule has 0 amide bonds. The van der Waals surface area contributed by atoms with Gasteiger partial charge in [0.2, 0.25) is 0 Å². The van der Waals surface area contributed by atoms with Crippen molar-refractivity contribution in [3.8, 4) is 22.3 Å². The predicted octanol–water partition coefficient (Wildman–Crippen LogP) is 6.36. The van der Waals surface area contributed by atoms with Crippen LogP contribution in [0, 0.1) is 0 Å². The van der Waals surface area contributed by atoms with Gasteiger partial charge in [-0.2, -0.15) is 0 Å². The van der Waals surface area contributed by atoms with Crippen LogP contribution < -0.4 is 22.2 Å². The lowest BCUT2D eigenvalue weighted by Crippen LogP contribution is -2.21. The van der Waals surface area contributed by atoms with Crippen molar-refractivity contribution in [3.05, 3.63) is 138 Å². The lowest BCUT2D eigenvalue weighted by atomic mass is 9.81. The molecule has 0 aliphatic carbocycles. The first-order valence-corrected chi connectivity index (χ1v) is 14.0. The summed E-state index contributed by atoms with van der Waals surface area (Å²) in [6.07, 6.45) is 0. The van der Waals surface area contributed by atoms with Crippen LogP contribution in [0.15, 0.2) is 116 Å². The third kappa shape index (κ3) is 2.82. The molecule has 0 bridgehead atoms. The monoisotopic (exact) mass is 556 g/mol. The number of H-pyrrole nitrogens is 1. The second kappa shape index (κ2) is 8.11. The molecule has 0 aliphatic heterocycles. The Hall–Kier alpha value is -5.88. The fourth-order valence-corrected chi connectivity index (χ4v) is 7.38. The van der Waals surface area contributed by atoms with Crippen LogP contribution in [0.5, 0.6) is 0 Å². The molecule has 9 rings (SSSR count). The van der Waals surface area contributed by atoms with Crippen molar-refractivity contribution in [3.63, 3.8) is 0 Å². The van der Waals surface area contributed by atoms with Gasteiger partial charge in [0.25, 0.3) is 22.2 Å². The Kier molecular flexibility index (Phi) is 4.49. The topological polar surface area (TPSA) is 89.0 Å². The summed E-state index contributed by atoms with van der Waals surface area (Å²) >= 11 is 0. The molecule has 2 heterocycles. The van der Waals surface area contributed by atoms with Crippen LogP contribution in [0.1, 0.15) is 0 Å². The molecule has 0 atom stereocenters. The van der Waals surface area contributed by atoms with E-state index in [4.69, 9.17) is 0 Å². The molecule has 9 aromatic rings. The Morgan fingerprint density at radius 2 is 0.860 bits per heavy atom. The van der Waals surface area contributed by atoms with Gasteiger partial charge in [0.15, 0.2) is 0 Å². The number of nitrogens with zero attached hydrogens (tertiary/aromatic N) is 1. The largest absolute Gasteiger partial charge is 0.288 e. The fourth-order valence-electron chi connectivity index (χ4n) is 7.38. The molecule has 0 saturated carbocycles. The first-order valence-electron chi connectivity index (χ1n) is 14.0. The molecule has 2 aromatic heterocycles. The number of aromatic nitrogens is 2. The number of hydrogen-bond donors (Lipinski definition) is 1. The zero-order valence-electron chi connectivity index (χ0n) is 22.8. The van der Waals surface area contributed by atoms with E-state index in [9.17, 15) is 19.2 Å². The zero-order valence-corrected chi connectivity index (χ0v) is 22.8. The average molecular weight is 557 g/mol. The highest BCUT2D eigenvalue weighted by molar-refractivity contribution is 6.44. The maximum atomic E-state index is 13.9. The Balaban J connectivity index is 1.71. The molecule has 0 spiro atoms. The minimum absolute atomic E-state index is 0.336. The molecular formula is C37H20N2O4. The van der Waals surface area contributed by atoms with E-state index in [0.717, 1.165) is 43.4 Å². The van der Waals surface area contributed by atoms with Gasteiger partial charge in [-0.05, 0) is 43.4 Å². The SMILES string of the molecule is Cn1c(=O)c2c(-c3ccccc3)c3cccc4c3c(c3cccc5c(-c6ccccc6)c6c(=O)[nH]c(=O)c6c4c53)c2c1=O. The number of nitrogens with one attached hydrogen (secondary N) is 1. The van der Waals surface area contributed by atoms with Gasteiger partial charge in [-0.3, -0.25) is 28.7 Å². The summed E-state index contributed by atoms with van der Waals surface area (Å²) in [6.45, 7) is 0. The molecule has 0 aliphatic rings. The summed E-state index contributed by atoms with van der Waals surface area (Å²) in [5, 5.41) is 7.50. The van der Waals surface area contributed by atoms with Crippen molar-refractivity contribution in [2.45, 2.75) is 0 Å². The van der Waals surface area contributed by atoms with Crippen LogP contribution in [0.3, 0.4) is 0 Å². The first kappa shape index (κ1) is 23.8. The highest BCUT2D eigenvalue weighted by Gasteiger charge is 2.28. The Morgan fingerprint density at radius 3 is 1.42 bits per heavy atom. The Bertz CT molecular complexity index is 2850. The van der Waals surface area contributed by atoms with E-state index in [-0.39, 0.29) is 11.1 Å². The Morgan fingerprint density at radius 1 is 0.419 bits per heavy atom. The summed E-state index contributed by atoms with van der Waals surface area (Å²) in [7, 11) is 1.52. The molecule has 7 aromatic carbocycles. The molecule has 6 nitrogen and oxygen atoms in total. The van der Waals surface area contributed by atoms with Crippen LogP contribution >= 0.6 is 0 Å².